The Balaban J connectivity index is 1.98. The van der Waals surface area contributed by atoms with Gasteiger partial charge in [0.05, 0.1) is 6.42 Å². The molecular formula is C12H20N2O3S. The van der Waals surface area contributed by atoms with Gasteiger partial charge in [0.2, 0.25) is 0 Å². The van der Waals surface area contributed by atoms with Gasteiger partial charge in [0, 0.05) is 37.2 Å². The molecule has 0 aromatic rings. The van der Waals surface area contributed by atoms with Crippen LogP contribution >= 0.6 is 11.8 Å². The van der Waals surface area contributed by atoms with Gasteiger partial charge in [-0.3, -0.25) is 4.79 Å². The lowest BCUT2D eigenvalue weighted by Crippen LogP contribution is -2.52. The molecule has 2 amide bonds. The molecule has 2 saturated heterocycles. The third-order valence-corrected chi connectivity index (χ3v) is 4.51. The van der Waals surface area contributed by atoms with Crippen molar-refractivity contribution in [3.63, 3.8) is 0 Å². The number of amides is 2. The van der Waals surface area contributed by atoms with Crippen molar-refractivity contribution in [2.45, 2.75) is 31.7 Å². The minimum Gasteiger partial charge on any atom is -0.481 e. The number of hydrogen-bond acceptors (Lipinski definition) is 3. The number of carboxylic acid groups (broad SMARTS) is 1. The molecule has 6 heteroatoms. The van der Waals surface area contributed by atoms with E-state index in [1.54, 1.807) is 4.90 Å². The first-order chi connectivity index (χ1) is 8.68. The molecule has 2 fully saturated rings. The molecule has 18 heavy (non-hydrogen) atoms. The maximum Gasteiger partial charge on any atom is 0.320 e. The first-order valence-corrected chi connectivity index (χ1v) is 7.69. The Morgan fingerprint density at radius 2 is 1.89 bits per heavy atom. The van der Waals surface area contributed by atoms with Gasteiger partial charge in [-0.15, -0.1) is 0 Å². The highest BCUT2D eigenvalue weighted by Gasteiger charge is 2.31. The minimum absolute atomic E-state index is 0.0428. The lowest BCUT2D eigenvalue weighted by molar-refractivity contribution is -0.138. The number of carboxylic acids is 1. The molecule has 0 aromatic heterocycles. The van der Waals surface area contributed by atoms with E-state index in [9.17, 15) is 9.59 Å². The number of urea groups is 1. The zero-order valence-corrected chi connectivity index (χ0v) is 11.3. The molecule has 1 atom stereocenters. The normalized spacial score (nSPS) is 25.0. The number of aliphatic carboxylic acids is 1. The summed E-state index contributed by atoms with van der Waals surface area (Å²) in [7, 11) is 0. The predicted molar refractivity (Wildman–Crippen MR) is 70.9 cm³/mol. The van der Waals surface area contributed by atoms with Gasteiger partial charge in [0.1, 0.15) is 0 Å². The highest BCUT2D eigenvalue weighted by molar-refractivity contribution is 7.99. The summed E-state index contributed by atoms with van der Waals surface area (Å²) in [6, 6.07) is -0.0698. The van der Waals surface area contributed by atoms with Gasteiger partial charge in [-0.05, 0) is 19.3 Å². The maximum absolute atomic E-state index is 12.4. The Morgan fingerprint density at radius 1 is 1.17 bits per heavy atom. The van der Waals surface area contributed by atoms with E-state index in [2.05, 4.69) is 0 Å². The van der Waals surface area contributed by atoms with Crippen molar-refractivity contribution >= 4 is 23.8 Å². The van der Waals surface area contributed by atoms with Gasteiger partial charge in [0.25, 0.3) is 0 Å². The number of thioether (sulfide) groups is 1. The summed E-state index contributed by atoms with van der Waals surface area (Å²) in [6.45, 7) is 2.29. The number of rotatable bonds is 2. The molecule has 0 bridgehead atoms. The third-order valence-electron chi connectivity index (χ3n) is 3.56. The van der Waals surface area contributed by atoms with Crippen LogP contribution in [0.3, 0.4) is 0 Å². The predicted octanol–water partition coefficient (Wildman–Crippen LogP) is 1.48. The van der Waals surface area contributed by atoms with E-state index in [0.29, 0.717) is 6.54 Å². The highest BCUT2D eigenvalue weighted by atomic mass is 32.2. The van der Waals surface area contributed by atoms with Crippen molar-refractivity contribution < 1.29 is 14.7 Å². The van der Waals surface area contributed by atoms with E-state index >= 15 is 0 Å². The van der Waals surface area contributed by atoms with Crippen LogP contribution in [0.15, 0.2) is 0 Å². The molecule has 2 heterocycles. The Bertz CT molecular complexity index is 318. The molecule has 5 nitrogen and oxygen atoms in total. The van der Waals surface area contributed by atoms with Crippen LogP contribution in [0.5, 0.6) is 0 Å². The molecule has 2 aliphatic heterocycles. The summed E-state index contributed by atoms with van der Waals surface area (Å²) in [5.74, 6) is 1.17. The molecular weight excluding hydrogens is 252 g/mol. The van der Waals surface area contributed by atoms with Crippen LogP contribution in [0.1, 0.15) is 25.7 Å². The molecule has 0 saturated carbocycles. The van der Waals surface area contributed by atoms with Crippen molar-refractivity contribution in [2.24, 2.45) is 0 Å². The molecule has 102 valence electrons. The standard InChI is InChI=1S/C12H20N2O3S/c15-11(16)9-10-3-1-2-4-14(10)12(17)13-5-7-18-8-6-13/h10H,1-9H2,(H,15,16). The average Bonchev–Trinajstić information content (AvgIpc) is 2.39. The van der Waals surface area contributed by atoms with Crippen LogP contribution in [-0.4, -0.2) is 64.1 Å². The van der Waals surface area contributed by atoms with E-state index in [0.717, 1.165) is 43.9 Å². The number of nitrogens with zero attached hydrogens (tertiary/aromatic N) is 2. The van der Waals surface area contributed by atoms with Crippen LogP contribution in [0.25, 0.3) is 0 Å². The van der Waals surface area contributed by atoms with Crippen LogP contribution in [0.2, 0.25) is 0 Å². The Kier molecular flexibility index (Phi) is 4.74. The summed E-state index contributed by atoms with van der Waals surface area (Å²) < 4.78 is 0. The summed E-state index contributed by atoms with van der Waals surface area (Å²) in [4.78, 5) is 26.9. The fraction of sp³-hybridized carbons (Fsp3) is 0.833. The maximum atomic E-state index is 12.4. The van der Waals surface area contributed by atoms with Crippen molar-refractivity contribution in [2.75, 3.05) is 31.1 Å². The van der Waals surface area contributed by atoms with Crippen LogP contribution < -0.4 is 0 Å². The quantitative estimate of drug-likeness (QED) is 0.827. The van der Waals surface area contributed by atoms with Crippen molar-refractivity contribution in [1.82, 2.24) is 9.80 Å². The number of carbonyl (C=O) groups is 2. The molecule has 0 aromatic carbocycles. The Labute approximate surface area is 112 Å². The van der Waals surface area contributed by atoms with Gasteiger partial charge in [-0.1, -0.05) is 0 Å². The lowest BCUT2D eigenvalue weighted by Gasteiger charge is -2.39. The van der Waals surface area contributed by atoms with Crippen molar-refractivity contribution in [3.05, 3.63) is 0 Å². The van der Waals surface area contributed by atoms with Gasteiger partial charge in [-0.25, -0.2) is 4.79 Å². The molecule has 1 unspecified atom stereocenters. The molecule has 2 rings (SSSR count). The van der Waals surface area contributed by atoms with Crippen LogP contribution in [0.4, 0.5) is 4.79 Å². The number of likely N-dealkylation sites (tertiary alicyclic amines) is 1. The molecule has 2 aliphatic rings. The molecule has 0 aliphatic carbocycles. The second kappa shape index (κ2) is 6.31. The summed E-state index contributed by atoms with van der Waals surface area (Å²) in [6.07, 6.45) is 2.91. The first kappa shape index (κ1) is 13.5. The second-order valence-corrected chi connectivity index (χ2v) is 6.05. The topological polar surface area (TPSA) is 60.9 Å². The lowest BCUT2D eigenvalue weighted by atomic mass is 10.00. The second-order valence-electron chi connectivity index (χ2n) is 4.82. The largest absolute Gasteiger partial charge is 0.481 e. The van der Waals surface area contributed by atoms with E-state index in [4.69, 9.17) is 5.11 Å². The zero-order chi connectivity index (χ0) is 13.0. The van der Waals surface area contributed by atoms with Crippen LogP contribution in [0, 0.1) is 0 Å². The number of carbonyl (C=O) groups excluding carboxylic acids is 1. The van der Waals surface area contributed by atoms with Crippen molar-refractivity contribution in [3.8, 4) is 0 Å². The number of hydrogen-bond donors (Lipinski definition) is 1. The van der Waals surface area contributed by atoms with Gasteiger partial charge >= 0.3 is 12.0 Å². The zero-order valence-electron chi connectivity index (χ0n) is 10.5. The average molecular weight is 272 g/mol. The van der Waals surface area contributed by atoms with Crippen molar-refractivity contribution in [1.29, 1.82) is 0 Å². The van der Waals surface area contributed by atoms with Crippen LogP contribution in [-0.2, 0) is 4.79 Å². The highest BCUT2D eigenvalue weighted by Crippen LogP contribution is 2.22. The Hall–Kier alpha value is -0.910. The van der Waals surface area contributed by atoms with E-state index in [1.165, 1.54) is 0 Å². The molecule has 0 spiro atoms. The smallest absolute Gasteiger partial charge is 0.320 e. The minimum atomic E-state index is -0.811. The van der Waals surface area contributed by atoms with Gasteiger partial charge in [-0.2, -0.15) is 11.8 Å². The number of piperidine rings is 1. The summed E-state index contributed by atoms with van der Waals surface area (Å²) in [5, 5.41) is 8.92. The van der Waals surface area contributed by atoms with E-state index in [-0.39, 0.29) is 18.5 Å². The third kappa shape index (κ3) is 3.31. The van der Waals surface area contributed by atoms with Gasteiger partial charge in [0.15, 0.2) is 0 Å². The SMILES string of the molecule is O=C(O)CC1CCCCN1C(=O)N1CCSCC1. The van der Waals surface area contributed by atoms with Gasteiger partial charge < -0.3 is 14.9 Å². The first-order valence-electron chi connectivity index (χ1n) is 6.53. The molecule has 0 radical (unpaired) electrons. The fourth-order valence-corrected chi connectivity index (χ4v) is 3.51. The summed E-state index contributed by atoms with van der Waals surface area (Å²) in [5.41, 5.74) is 0. The van der Waals surface area contributed by atoms with E-state index in [1.807, 2.05) is 16.7 Å². The fourth-order valence-electron chi connectivity index (χ4n) is 2.60. The Morgan fingerprint density at radius 3 is 2.56 bits per heavy atom. The van der Waals surface area contributed by atoms with E-state index < -0.39 is 5.97 Å². The monoisotopic (exact) mass is 272 g/mol. The summed E-state index contributed by atoms with van der Waals surface area (Å²) >= 11 is 1.87. The molecule has 1 N–H and O–H groups in total.